The van der Waals surface area contributed by atoms with Gasteiger partial charge in [-0.3, -0.25) is 4.98 Å². The fraction of sp³-hybridized carbons (Fsp3) is 0.357. The zero-order valence-electron chi connectivity index (χ0n) is 10.7. The topological polar surface area (TPSA) is 52.1 Å². The molecule has 5 heteroatoms. The van der Waals surface area contributed by atoms with Gasteiger partial charge in [-0.15, -0.1) is 11.3 Å². The van der Waals surface area contributed by atoms with Crippen molar-refractivity contribution >= 4 is 17.3 Å². The number of aryl methyl sites for hydroxylation is 2. The van der Waals surface area contributed by atoms with Crippen molar-refractivity contribution in [3.8, 4) is 10.4 Å². The van der Waals surface area contributed by atoms with Crippen molar-refractivity contribution in [1.29, 1.82) is 0 Å². The van der Waals surface area contributed by atoms with Gasteiger partial charge >= 0.3 is 5.97 Å². The van der Waals surface area contributed by atoms with E-state index in [4.69, 9.17) is 4.74 Å². The number of aromatic nitrogens is 2. The lowest BCUT2D eigenvalue weighted by atomic mass is 10.1. The highest BCUT2D eigenvalue weighted by Gasteiger charge is 2.22. The van der Waals surface area contributed by atoms with Crippen molar-refractivity contribution in [2.24, 2.45) is 0 Å². The van der Waals surface area contributed by atoms with Gasteiger partial charge in [0.05, 0.1) is 17.2 Å². The van der Waals surface area contributed by atoms with Gasteiger partial charge in [-0.25, -0.2) is 9.78 Å². The van der Waals surface area contributed by atoms with E-state index in [-0.39, 0.29) is 5.97 Å². The van der Waals surface area contributed by atoms with Crippen LogP contribution in [0.25, 0.3) is 10.4 Å². The van der Waals surface area contributed by atoms with Gasteiger partial charge in [-0.05, 0) is 37.8 Å². The highest BCUT2D eigenvalue weighted by atomic mass is 32.1. The summed E-state index contributed by atoms with van der Waals surface area (Å²) in [6.07, 6.45) is 6.68. The van der Waals surface area contributed by atoms with E-state index in [1.165, 1.54) is 16.9 Å². The number of nitrogens with zero attached hydrogens (tertiary/aromatic N) is 2. The van der Waals surface area contributed by atoms with Crippen molar-refractivity contribution in [3.05, 3.63) is 34.7 Å². The molecule has 0 fully saturated rings. The summed E-state index contributed by atoms with van der Waals surface area (Å²) in [7, 11) is 0. The summed E-state index contributed by atoms with van der Waals surface area (Å²) in [5.41, 5.74) is 3.40. The Kier molecular flexibility index (Phi) is 3.29. The minimum atomic E-state index is -0.328. The molecule has 0 unspecified atom stereocenters. The molecule has 0 aromatic carbocycles. The van der Waals surface area contributed by atoms with Gasteiger partial charge in [-0.2, -0.15) is 0 Å². The number of carbonyl (C=O) groups is 1. The molecule has 1 aliphatic rings. The lowest BCUT2D eigenvalue weighted by molar-refractivity contribution is 0.0525. The third kappa shape index (κ3) is 2.26. The predicted octanol–water partition coefficient (Wildman–Crippen LogP) is 2.87. The standard InChI is InChI=1S/C14H14N2O2S/c1-2-18-14(17)13-16-11-5-3-4-9-6-7-15-8-10(9)12(11)19-13/h6-8H,2-5H2,1H3. The molecule has 98 valence electrons. The lowest BCUT2D eigenvalue weighted by Crippen LogP contribution is -2.04. The molecule has 2 heterocycles. The van der Waals surface area contributed by atoms with E-state index in [0.717, 1.165) is 35.4 Å². The van der Waals surface area contributed by atoms with Crippen LogP contribution in [0, 0.1) is 0 Å². The number of pyridine rings is 1. The Morgan fingerprint density at radius 3 is 3.21 bits per heavy atom. The van der Waals surface area contributed by atoms with Crippen LogP contribution >= 0.6 is 11.3 Å². The highest BCUT2D eigenvalue weighted by molar-refractivity contribution is 7.17. The highest BCUT2D eigenvalue weighted by Crippen LogP contribution is 2.36. The second kappa shape index (κ2) is 5.09. The van der Waals surface area contributed by atoms with Crippen LogP contribution in [-0.4, -0.2) is 22.5 Å². The maximum absolute atomic E-state index is 11.8. The first-order valence-electron chi connectivity index (χ1n) is 6.39. The number of hydrogen-bond acceptors (Lipinski definition) is 5. The summed E-state index contributed by atoms with van der Waals surface area (Å²) < 4.78 is 5.02. The van der Waals surface area contributed by atoms with E-state index in [1.807, 2.05) is 18.5 Å². The number of fused-ring (bicyclic) bond motifs is 3. The van der Waals surface area contributed by atoms with Gasteiger partial charge < -0.3 is 4.74 Å². The quantitative estimate of drug-likeness (QED) is 0.790. The van der Waals surface area contributed by atoms with E-state index >= 15 is 0 Å². The number of carbonyl (C=O) groups excluding carboxylic acids is 1. The Balaban J connectivity index is 2.06. The van der Waals surface area contributed by atoms with Crippen LogP contribution in [0.4, 0.5) is 0 Å². The van der Waals surface area contributed by atoms with Gasteiger partial charge in [0, 0.05) is 18.0 Å². The Morgan fingerprint density at radius 1 is 1.47 bits per heavy atom. The van der Waals surface area contributed by atoms with Crippen molar-refractivity contribution in [1.82, 2.24) is 9.97 Å². The minimum Gasteiger partial charge on any atom is -0.461 e. The molecule has 0 spiro atoms. The average Bonchev–Trinajstić information content (AvgIpc) is 2.77. The van der Waals surface area contributed by atoms with Crippen molar-refractivity contribution in [2.75, 3.05) is 6.61 Å². The summed E-state index contributed by atoms with van der Waals surface area (Å²) in [6, 6.07) is 2.05. The molecule has 0 bridgehead atoms. The first kappa shape index (κ1) is 12.3. The fourth-order valence-corrected chi connectivity index (χ4v) is 3.35. The van der Waals surface area contributed by atoms with Crippen LogP contribution < -0.4 is 0 Å². The molecule has 0 radical (unpaired) electrons. The number of hydrogen-bond donors (Lipinski definition) is 0. The van der Waals surface area contributed by atoms with Gasteiger partial charge in [0.15, 0.2) is 0 Å². The summed E-state index contributed by atoms with van der Waals surface area (Å²) in [6.45, 7) is 2.18. The normalized spacial score (nSPS) is 13.3. The van der Waals surface area contributed by atoms with Gasteiger partial charge in [0.2, 0.25) is 5.01 Å². The first-order valence-corrected chi connectivity index (χ1v) is 7.21. The molecule has 3 rings (SSSR count). The molecule has 4 nitrogen and oxygen atoms in total. The molecule has 19 heavy (non-hydrogen) atoms. The molecule has 0 saturated heterocycles. The SMILES string of the molecule is CCOC(=O)c1nc2c(s1)-c1cnccc1CCC2. The number of rotatable bonds is 2. The van der Waals surface area contributed by atoms with Crippen LogP contribution in [0.2, 0.25) is 0 Å². The van der Waals surface area contributed by atoms with E-state index in [2.05, 4.69) is 9.97 Å². The predicted molar refractivity (Wildman–Crippen MR) is 73.3 cm³/mol. The lowest BCUT2D eigenvalue weighted by Gasteiger charge is -2.02. The third-order valence-corrected chi connectivity index (χ3v) is 4.27. The van der Waals surface area contributed by atoms with E-state index in [1.54, 1.807) is 6.92 Å². The molecule has 0 aliphatic heterocycles. The number of thiazole rings is 1. The molecule has 0 amide bonds. The Labute approximate surface area is 115 Å². The summed E-state index contributed by atoms with van der Waals surface area (Å²) >= 11 is 1.41. The van der Waals surface area contributed by atoms with E-state index in [0.29, 0.717) is 11.6 Å². The zero-order valence-corrected chi connectivity index (χ0v) is 11.5. The van der Waals surface area contributed by atoms with E-state index in [9.17, 15) is 4.79 Å². The number of ether oxygens (including phenoxy) is 1. The Bertz CT molecular complexity index is 622. The molecule has 0 atom stereocenters. The van der Waals surface area contributed by atoms with Crippen molar-refractivity contribution in [3.63, 3.8) is 0 Å². The molecular weight excluding hydrogens is 260 g/mol. The molecular formula is C14H14N2O2S. The molecule has 2 aromatic rings. The Morgan fingerprint density at radius 2 is 2.37 bits per heavy atom. The van der Waals surface area contributed by atoms with Gasteiger partial charge in [0.25, 0.3) is 0 Å². The first-order chi connectivity index (χ1) is 9.29. The van der Waals surface area contributed by atoms with E-state index < -0.39 is 0 Å². The minimum absolute atomic E-state index is 0.328. The van der Waals surface area contributed by atoms with Crippen LogP contribution in [0.1, 0.15) is 34.4 Å². The smallest absolute Gasteiger partial charge is 0.367 e. The van der Waals surface area contributed by atoms with Crippen LogP contribution in [0.3, 0.4) is 0 Å². The molecule has 2 aromatic heterocycles. The van der Waals surface area contributed by atoms with Crippen LogP contribution in [0.5, 0.6) is 0 Å². The maximum atomic E-state index is 11.8. The monoisotopic (exact) mass is 274 g/mol. The zero-order chi connectivity index (χ0) is 13.2. The molecule has 1 aliphatic carbocycles. The summed E-state index contributed by atoms with van der Waals surface area (Å²) in [5.74, 6) is -0.328. The Hall–Kier alpha value is -1.75. The second-order valence-corrected chi connectivity index (χ2v) is 5.40. The summed E-state index contributed by atoms with van der Waals surface area (Å²) in [5, 5.41) is 0.448. The van der Waals surface area contributed by atoms with Gasteiger partial charge in [-0.1, -0.05) is 0 Å². The number of esters is 1. The van der Waals surface area contributed by atoms with Crippen LogP contribution in [-0.2, 0) is 17.6 Å². The average molecular weight is 274 g/mol. The second-order valence-electron chi connectivity index (χ2n) is 4.40. The van der Waals surface area contributed by atoms with Crippen LogP contribution in [0.15, 0.2) is 18.5 Å². The molecule has 0 saturated carbocycles. The molecule has 0 N–H and O–H groups in total. The van der Waals surface area contributed by atoms with Gasteiger partial charge in [0.1, 0.15) is 0 Å². The fourth-order valence-electron chi connectivity index (χ4n) is 2.30. The van der Waals surface area contributed by atoms with Crippen molar-refractivity contribution < 1.29 is 9.53 Å². The van der Waals surface area contributed by atoms with Crippen molar-refractivity contribution in [2.45, 2.75) is 26.2 Å². The maximum Gasteiger partial charge on any atom is 0.367 e. The summed E-state index contributed by atoms with van der Waals surface area (Å²) in [4.78, 5) is 21.5. The largest absolute Gasteiger partial charge is 0.461 e. The third-order valence-electron chi connectivity index (χ3n) is 3.16.